The second-order valence-electron chi connectivity index (χ2n) is 5.93. The van der Waals surface area contributed by atoms with E-state index < -0.39 is 0 Å². The van der Waals surface area contributed by atoms with Gasteiger partial charge in [-0.3, -0.25) is 0 Å². The highest BCUT2D eigenvalue weighted by atomic mass is 14.9. The number of rotatable bonds is 2. The molecule has 2 atom stereocenters. The molecule has 0 radical (unpaired) electrons. The molecule has 0 amide bonds. The van der Waals surface area contributed by atoms with Gasteiger partial charge in [-0.05, 0) is 48.8 Å². The van der Waals surface area contributed by atoms with E-state index in [1.807, 2.05) is 0 Å². The van der Waals surface area contributed by atoms with Crippen molar-refractivity contribution in [3.05, 3.63) is 35.4 Å². The third-order valence-corrected chi connectivity index (χ3v) is 3.76. The maximum Gasteiger partial charge on any atom is 0.0325 e. The van der Waals surface area contributed by atoms with Gasteiger partial charge in [0.25, 0.3) is 0 Å². The fourth-order valence-electron chi connectivity index (χ4n) is 2.74. The summed E-state index contributed by atoms with van der Waals surface area (Å²) in [5, 5.41) is 3.76. The normalized spacial score (nSPS) is 25.2. The molecule has 94 valence electrons. The van der Waals surface area contributed by atoms with Gasteiger partial charge in [0.15, 0.2) is 0 Å². The van der Waals surface area contributed by atoms with Crippen LogP contribution < -0.4 is 5.32 Å². The zero-order chi connectivity index (χ0) is 12.3. The first-order chi connectivity index (χ1) is 8.16. The van der Waals surface area contributed by atoms with Crippen LogP contribution in [0, 0.1) is 11.8 Å². The van der Waals surface area contributed by atoms with Crippen LogP contribution in [0.25, 0.3) is 0 Å². The van der Waals surface area contributed by atoms with Crippen LogP contribution in [0.5, 0.6) is 0 Å². The number of benzene rings is 1. The van der Waals surface area contributed by atoms with E-state index in [-0.39, 0.29) is 0 Å². The molecule has 0 aliphatic carbocycles. The van der Waals surface area contributed by atoms with E-state index in [0.29, 0.717) is 6.04 Å². The molecule has 0 bridgehead atoms. The summed E-state index contributed by atoms with van der Waals surface area (Å²) in [6.07, 6.45) is 3.79. The van der Waals surface area contributed by atoms with Gasteiger partial charge in [-0.25, -0.2) is 0 Å². The van der Waals surface area contributed by atoms with Gasteiger partial charge in [0, 0.05) is 6.04 Å². The second kappa shape index (κ2) is 5.68. The highest BCUT2D eigenvalue weighted by molar-refractivity contribution is 5.30. The molecular weight excluding hydrogens is 206 g/mol. The van der Waals surface area contributed by atoms with Crippen molar-refractivity contribution in [2.45, 2.75) is 46.1 Å². The maximum atomic E-state index is 3.76. The van der Waals surface area contributed by atoms with Crippen molar-refractivity contribution in [2.75, 3.05) is 6.54 Å². The predicted molar refractivity (Wildman–Crippen MR) is 74.1 cm³/mol. The molecule has 0 fully saturated rings. The number of hydrogen-bond donors (Lipinski definition) is 1. The molecule has 17 heavy (non-hydrogen) atoms. The summed E-state index contributed by atoms with van der Waals surface area (Å²) >= 11 is 0. The van der Waals surface area contributed by atoms with Gasteiger partial charge in [0.1, 0.15) is 0 Å². The Hall–Kier alpha value is -0.820. The summed E-state index contributed by atoms with van der Waals surface area (Å²) < 4.78 is 0. The summed E-state index contributed by atoms with van der Waals surface area (Å²) in [6, 6.07) is 9.53. The Kier molecular flexibility index (Phi) is 4.22. The Morgan fingerprint density at radius 3 is 2.82 bits per heavy atom. The summed E-state index contributed by atoms with van der Waals surface area (Å²) in [6.45, 7) is 8.14. The second-order valence-corrected chi connectivity index (χ2v) is 5.93. The van der Waals surface area contributed by atoms with Gasteiger partial charge in [-0.2, -0.15) is 0 Å². The van der Waals surface area contributed by atoms with Crippen molar-refractivity contribution in [3.63, 3.8) is 0 Å². The van der Waals surface area contributed by atoms with Crippen molar-refractivity contribution in [1.82, 2.24) is 5.32 Å². The molecule has 2 rings (SSSR count). The van der Waals surface area contributed by atoms with Gasteiger partial charge < -0.3 is 5.32 Å². The molecule has 1 heterocycles. The largest absolute Gasteiger partial charge is 0.310 e. The zero-order valence-corrected chi connectivity index (χ0v) is 11.4. The van der Waals surface area contributed by atoms with E-state index in [1.165, 1.54) is 24.8 Å². The van der Waals surface area contributed by atoms with Crippen LogP contribution in [0.3, 0.4) is 0 Å². The van der Waals surface area contributed by atoms with Crippen molar-refractivity contribution < 1.29 is 0 Å². The molecule has 1 aliphatic rings. The highest BCUT2D eigenvalue weighted by Gasteiger charge is 2.19. The van der Waals surface area contributed by atoms with Crippen molar-refractivity contribution in [3.8, 4) is 0 Å². The molecule has 1 N–H and O–H groups in total. The lowest BCUT2D eigenvalue weighted by Crippen LogP contribution is -2.30. The Balaban J connectivity index is 2.25. The summed E-state index contributed by atoms with van der Waals surface area (Å²) in [7, 11) is 0. The molecule has 2 unspecified atom stereocenters. The summed E-state index contributed by atoms with van der Waals surface area (Å²) in [4.78, 5) is 0. The fourth-order valence-corrected chi connectivity index (χ4v) is 2.74. The topological polar surface area (TPSA) is 12.0 Å². The number of hydrogen-bond acceptors (Lipinski definition) is 1. The molecule has 1 aromatic carbocycles. The number of aryl methyl sites for hydroxylation is 1. The third-order valence-electron chi connectivity index (χ3n) is 3.76. The van der Waals surface area contributed by atoms with Crippen molar-refractivity contribution in [2.24, 2.45) is 11.8 Å². The Bertz CT molecular complexity index is 356. The van der Waals surface area contributed by atoms with Gasteiger partial charge in [0.2, 0.25) is 0 Å². The molecular formula is C16H25N. The number of fused-ring (bicyclic) bond motifs is 1. The fraction of sp³-hybridized carbons (Fsp3) is 0.625. The van der Waals surface area contributed by atoms with Crippen LogP contribution >= 0.6 is 0 Å². The van der Waals surface area contributed by atoms with Gasteiger partial charge in [-0.15, -0.1) is 0 Å². The van der Waals surface area contributed by atoms with Crippen LogP contribution in [0.15, 0.2) is 24.3 Å². The molecule has 1 nitrogen and oxygen atoms in total. The van der Waals surface area contributed by atoms with E-state index in [2.05, 4.69) is 50.4 Å². The SMILES string of the molecule is CC(C)CC1NCC(C)CCc2ccccc21. The standard InChI is InChI=1S/C16H25N/c1-12(2)10-16-15-7-5-4-6-14(15)9-8-13(3)11-17-16/h4-7,12-13,16-17H,8-11H2,1-3H3. The molecule has 0 saturated heterocycles. The minimum absolute atomic E-state index is 0.550. The molecule has 0 saturated carbocycles. The lowest BCUT2D eigenvalue weighted by molar-refractivity contribution is 0.373. The molecule has 0 spiro atoms. The van der Waals surface area contributed by atoms with Gasteiger partial charge in [0.05, 0.1) is 0 Å². The van der Waals surface area contributed by atoms with Crippen LogP contribution in [-0.4, -0.2) is 6.54 Å². The predicted octanol–water partition coefficient (Wildman–Crippen LogP) is 3.95. The summed E-state index contributed by atoms with van der Waals surface area (Å²) in [5.74, 6) is 1.54. The third kappa shape index (κ3) is 3.32. The molecule has 0 aromatic heterocycles. The van der Waals surface area contributed by atoms with Gasteiger partial charge >= 0.3 is 0 Å². The van der Waals surface area contributed by atoms with Crippen molar-refractivity contribution >= 4 is 0 Å². The molecule has 1 aliphatic heterocycles. The lowest BCUT2D eigenvalue weighted by Gasteiger charge is -2.28. The van der Waals surface area contributed by atoms with E-state index in [0.717, 1.165) is 18.4 Å². The smallest absolute Gasteiger partial charge is 0.0325 e. The monoisotopic (exact) mass is 231 g/mol. The van der Waals surface area contributed by atoms with Gasteiger partial charge in [-0.1, -0.05) is 45.0 Å². The first kappa shape index (κ1) is 12.6. The lowest BCUT2D eigenvalue weighted by atomic mass is 9.88. The van der Waals surface area contributed by atoms with E-state index in [4.69, 9.17) is 0 Å². The minimum Gasteiger partial charge on any atom is -0.310 e. The van der Waals surface area contributed by atoms with Crippen LogP contribution in [0.4, 0.5) is 0 Å². The Morgan fingerprint density at radius 2 is 2.06 bits per heavy atom. The molecule has 1 heteroatoms. The quantitative estimate of drug-likeness (QED) is 0.812. The summed E-state index contributed by atoms with van der Waals surface area (Å²) in [5.41, 5.74) is 3.09. The Morgan fingerprint density at radius 1 is 1.29 bits per heavy atom. The van der Waals surface area contributed by atoms with Crippen LogP contribution in [0.1, 0.15) is 50.8 Å². The Labute approximate surface area is 106 Å². The van der Waals surface area contributed by atoms with Crippen LogP contribution in [-0.2, 0) is 6.42 Å². The van der Waals surface area contributed by atoms with Crippen LogP contribution in [0.2, 0.25) is 0 Å². The first-order valence-corrected chi connectivity index (χ1v) is 6.98. The highest BCUT2D eigenvalue weighted by Crippen LogP contribution is 2.28. The van der Waals surface area contributed by atoms with E-state index in [9.17, 15) is 0 Å². The average molecular weight is 231 g/mol. The minimum atomic E-state index is 0.550. The van der Waals surface area contributed by atoms with Crippen molar-refractivity contribution in [1.29, 1.82) is 0 Å². The zero-order valence-electron chi connectivity index (χ0n) is 11.4. The average Bonchev–Trinajstić information content (AvgIpc) is 2.30. The van der Waals surface area contributed by atoms with E-state index in [1.54, 1.807) is 5.56 Å². The molecule has 1 aromatic rings. The number of nitrogens with one attached hydrogen (secondary N) is 1. The van der Waals surface area contributed by atoms with E-state index >= 15 is 0 Å². The maximum absolute atomic E-state index is 3.76. The first-order valence-electron chi connectivity index (χ1n) is 6.98.